The van der Waals surface area contributed by atoms with E-state index < -0.39 is 12.1 Å². The quantitative estimate of drug-likeness (QED) is 0.513. The van der Waals surface area contributed by atoms with E-state index in [9.17, 15) is 22.8 Å². The number of alkyl halides is 3. The lowest BCUT2D eigenvalue weighted by Gasteiger charge is -2.33. The van der Waals surface area contributed by atoms with Gasteiger partial charge in [0.2, 0.25) is 5.91 Å². The number of hydrogen-bond donors (Lipinski definition) is 0. The molecule has 0 saturated heterocycles. The molecule has 154 valence electrons. The highest BCUT2D eigenvalue weighted by Crippen LogP contribution is 2.36. The van der Waals surface area contributed by atoms with E-state index in [0.717, 1.165) is 37.0 Å². The Hall–Kier alpha value is -2.01. The van der Waals surface area contributed by atoms with E-state index in [1.807, 2.05) is 19.8 Å². The highest BCUT2D eigenvalue weighted by Gasteiger charge is 2.33. The molecule has 1 aliphatic rings. The molecule has 4 nitrogen and oxygen atoms in total. The Labute approximate surface area is 167 Å². The number of carbonyl (C=O) groups excluding carboxylic acids is 2. The van der Waals surface area contributed by atoms with Crippen molar-refractivity contribution in [3.63, 3.8) is 0 Å². The van der Waals surface area contributed by atoms with Gasteiger partial charge in [0.1, 0.15) is 4.88 Å². The van der Waals surface area contributed by atoms with Crippen molar-refractivity contribution in [3.05, 3.63) is 15.8 Å². The number of ether oxygens (including phenoxy) is 1. The van der Waals surface area contributed by atoms with Gasteiger partial charge in [-0.3, -0.25) is 4.79 Å². The zero-order chi connectivity index (χ0) is 21.1. The summed E-state index contributed by atoms with van der Waals surface area (Å²) < 4.78 is 42.1. The van der Waals surface area contributed by atoms with Crippen molar-refractivity contribution in [2.75, 3.05) is 12.0 Å². The van der Waals surface area contributed by atoms with Crippen molar-refractivity contribution < 1.29 is 27.5 Å². The van der Waals surface area contributed by atoms with Gasteiger partial charge in [0.25, 0.3) is 0 Å². The maximum atomic E-state index is 13.2. The summed E-state index contributed by atoms with van der Waals surface area (Å²) in [5.74, 6) is 2.85. The van der Waals surface area contributed by atoms with Crippen LogP contribution in [0, 0.1) is 23.7 Å². The SMILES string of the molecule is COC(=O)c1sc(C#CC(F)(F)F)cc1N(C(=O)[C@H]1CC[C@H](C)CC1)C(C)C. The van der Waals surface area contributed by atoms with Gasteiger partial charge in [-0.2, -0.15) is 13.2 Å². The Morgan fingerprint density at radius 1 is 1.25 bits per heavy atom. The number of thiophene rings is 1. The first kappa shape index (κ1) is 22.3. The van der Waals surface area contributed by atoms with Gasteiger partial charge >= 0.3 is 12.1 Å². The Kier molecular flexibility index (Phi) is 7.16. The van der Waals surface area contributed by atoms with Crippen molar-refractivity contribution in [3.8, 4) is 11.8 Å². The van der Waals surface area contributed by atoms with Crippen LogP contribution in [0.25, 0.3) is 0 Å². The minimum absolute atomic E-state index is 0.0587. The third kappa shape index (κ3) is 5.51. The average molecular weight is 415 g/mol. The molecule has 0 spiro atoms. The number of carbonyl (C=O) groups is 2. The summed E-state index contributed by atoms with van der Waals surface area (Å²) in [6.45, 7) is 5.77. The molecule has 1 amide bonds. The molecule has 0 atom stereocenters. The molecule has 0 radical (unpaired) electrons. The van der Waals surface area contributed by atoms with E-state index in [-0.39, 0.29) is 33.3 Å². The Morgan fingerprint density at radius 3 is 2.36 bits per heavy atom. The molecule has 1 aliphatic carbocycles. The molecule has 1 saturated carbocycles. The highest BCUT2D eigenvalue weighted by atomic mass is 32.1. The van der Waals surface area contributed by atoms with Gasteiger partial charge in [-0.1, -0.05) is 6.92 Å². The predicted molar refractivity (Wildman–Crippen MR) is 102 cm³/mol. The zero-order valence-electron chi connectivity index (χ0n) is 16.4. The van der Waals surface area contributed by atoms with E-state index in [0.29, 0.717) is 5.92 Å². The summed E-state index contributed by atoms with van der Waals surface area (Å²) in [6.07, 6.45) is -1.19. The first-order valence-corrected chi connectivity index (χ1v) is 10.00. The van der Waals surface area contributed by atoms with Crippen LogP contribution in [0.3, 0.4) is 0 Å². The first-order valence-electron chi connectivity index (χ1n) is 9.18. The number of methoxy groups -OCH3 is 1. The van der Waals surface area contributed by atoms with Crippen LogP contribution < -0.4 is 4.90 Å². The number of halogens is 3. The molecule has 8 heteroatoms. The van der Waals surface area contributed by atoms with Crippen molar-refractivity contribution >= 4 is 28.9 Å². The normalized spacial score (nSPS) is 19.7. The molecule has 28 heavy (non-hydrogen) atoms. The second-order valence-electron chi connectivity index (χ2n) is 7.32. The minimum Gasteiger partial charge on any atom is -0.465 e. The fourth-order valence-corrected chi connectivity index (χ4v) is 4.27. The summed E-state index contributed by atoms with van der Waals surface area (Å²) in [5.41, 5.74) is 0.266. The number of esters is 1. The van der Waals surface area contributed by atoms with Crippen LogP contribution in [0.2, 0.25) is 0 Å². The maximum absolute atomic E-state index is 13.2. The van der Waals surface area contributed by atoms with Crippen molar-refractivity contribution in [1.82, 2.24) is 0 Å². The molecule has 1 aromatic heterocycles. The fourth-order valence-electron chi connectivity index (χ4n) is 3.35. The predicted octanol–water partition coefficient (Wildman–Crippen LogP) is 5.02. The lowest BCUT2D eigenvalue weighted by molar-refractivity contribution is -0.123. The van der Waals surface area contributed by atoms with Crippen molar-refractivity contribution in [2.24, 2.45) is 11.8 Å². The third-order valence-electron chi connectivity index (χ3n) is 4.79. The van der Waals surface area contributed by atoms with Crippen LogP contribution in [0.1, 0.15) is 61.0 Å². The van der Waals surface area contributed by atoms with Gasteiger partial charge in [-0.25, -0.2) is 4.79 Å². The molecular weight excluding hydrogens is 391 g/mol. The van der Waals surface area contributed by atoms with Crippen molar-refractivity contribution in [1.29, 1.82) is 0 Å². The molecule has 0 aromatic carbocycles. The number of hydrogen-bond acceptors (Lipinski definition) is 4. The maximum Gasteiger partial charge on any atom is 0.458 e. The van der Waals surface area contributed by atoms with E-state index >= 15 is 0 Å². The van der Waals surface area contributed by atoms with Crippen LogP contribution in [0.15, 0.2) is 6.07 Å². The lowest BCUT2D eigenvalue weighted by Crippen LogP contribution is -2.42. The van der Waals surface area contributed by atoms with Crippen LogP contribution in [-0.4, -0.2) is 31.2 Å². The third-order valence-corrected chi connectivity index (χ3v) is 5.81. The number of amides is 1. The van der Waals surface area contributed by atoms with Gasteiger partial charge in [0, 0.05) is 17.9 Å². The second kappa shape index (κ2) is 8.99. The van der Waals surface area contributed by atoms with Gasteiger partial charge in [0.05, 0.1) is 17.7 Å². The topological polar surface area (TPSA) is 46.6 Å². The van der Waals surface area contributed by atoms with E-state index in [1.165, 1.54) is 24.0 Å². The summed E-state index contributed by atoms with van der Waals surface area (Å²) >= 11 is 0.801. The molecule has 0 N–H and O–H groups in total. The summed E-state index contributed by atoms with van der Waals surface area (Å²) in [5, 5.41) is 0. The molecule has 0 aliphatic heterocycles. The molecule has 0 bridgehead atoms. The molecule has 1 aromatic rings. The molecule has 1 fully saturated rings. The van der Waals surface area contributed by atoms with Crippen LogP contribution in [0.5, 0.6) is 0 Å². The van der Waals surface area contributed by atoms with Gasteiger partial charge in [0.15, 0.2) is 0 Å². The van der Waals surface area contributed by atoms with Crippen LogP contribution in [0.4, 0.5) is 18.9 Å². The van der Waals surface area contributed by atoms with E-state index in [2.05, 4.69) is 6.92 Å². The fraction of sp³-hybridized carbons (Fsp3) is 0.600. The van der Waals surface area contributed by atoms with Gasteiger partial charge in [-0.15, -0.1) is 11.3 Å². The number of rotatable bonds is 4. The van der Waals surface area contributed by atoms with Crippen molar-refractivity contribution in [2.45, 2.75) is 58.7 Å². The average Bonchev–Trinajstić information content (AvgIpc) is 3.03. The first-order chi connectivity index (χ1) is 13.0. The second-order valence-corrected chi connectivity index (χ2v) is 8.38. The lowest BCUT2D eigenvalue weighted by atomic mass is 9.82. The Bertz CT molecular complexity index is 781. The molecule has 0 unspecified atom stereocenters. The highest BCUT2D eigenvalue weighted by molar-refractivity contribution is 7.15. The minimum atomic E-state index is -4.64. The summed E-state index contributed by atoms with van der Waals surface area (Å²) in [7, 11) is 1.19. The van der Waals surface area contributed by atoms with Gasteiger partial charge in [-0.05, 0) is 57.4 Å². The molecular formula is C20H24F3NO3S. The van der Waals surface area contributed by atoms with Crippen LogP contribution in [-0.2, 0) is 9.53 Å². The number of nitrogens with zero attached hydrogens (tertiary/aromatic N) is 1. The summed E-state index contributed by atoms with van der Waals surface area (Å²) in [6, 6.07) is 1.10. The van der Waals surface area contributed by atoms with Crippen LogP contribution >= 0.6 is 11.3 Å². The van der Waals surface area contributed by atoms with E-state index in [4.69, 9.17) is 4.74 Å². The molecule has 1 heterocycles. The van der Waals surface area contributed by atoms with Gasteiger partial charge < -0.3 is 9.64 Å². The Balaban J connectivity index is 2.44. The summed E-state index contributed by atoms with van der Waals surface area (Å²) in [4.78, 5) is 27.0. The molecule has 2 rings (SSSR count). The largest absolute Gasteiger partial charge is 0.465 e. The zero-order valence-corrected chi connectivity index (χ0v) is 17.2. The standard InChI is InChI=1S/C20H24F3NO3S/c1-12(2)24(18(25)14-7-5-13(3)6-8-14)16-11-15(9-10-20(21,22)23)28-17(16)19(26)27-4/h11-14H,5-8H2,1-4H3/t13-,14-. The number of anilines is 1. The Morgan fingerprint density at radius 2 is 1.86 bits per heavy atom. The van der Waals surface area contributed by atoms with E-state index in [1.54, 1.807) is 0 Å². The smallest absolute Gasteiger partial charge is 0.458 e. The monoisotopic (exact) mass is 415 g/mol.